The molecule has 2 N–H and O–H groups in total. The van der Waals surface area contributed by atoms with E-state index >= 15 is 0 Å². The number of hydrogen-bond acceptors (Lipinski definition) is 3. The van der Waals surface area contributed by atoms with Crippen molar-refractivity contribution in [3.8, 4) is 5.75 Å². The van der Waals surface area contributed by atoms with Crippen molar-refractivity contribution in [1.82, 2.24) is 9.78 Å². The first-order chi connectivity index (χ1) is 11.5. The third-order valence-electron chi connectivity index (χ3n) is 3.50. The van der Waals surface area contributed by atoms with E-state index in [4.69, 9.17) is 11.6 Å². The highest BCUT2D eigenvalue weighted by atomic mass is 35.5. The fourth-order valence-electron chi connectivity index (χ4n) is 2.25. The van der Waals surface area contributed by atoms with Crippen molar-refractivity contribution >= 4 is 30.2 Å². The number of phenolic OH excluding ortho intramolecular Hbond substituents is 1. The largest absolute Gasteiger partial charge is 0.508 e. The molecule has 24 heavy (non-hydrogen) atoms. The summed E-state index contributed by atoms with van der Waals surface area (Å²) in [5, 5.41) is 13.1. The summed E-state index contributed by atoms with van der Waals surface area (Å²) in [7, 11) is 0. The van der Waals surface area contributed by atoms with E-state index in [2.05, 4.69) is 11.7 Å². The highest BCUT2D eigenvalue weighted by molar-refractivity contribution is 6.30. The summed E-state index contributed by atoms with van der Waals surface area (Å²) in [5.41, 5.74) is 0.548. The van der Waals surface area contributed by atoms with Crippen LogP contribution in [0.4, 0.5) is 0 Å². The van der Waals surface area contributed by atoms with Crippen LogP contribution in [-0.2, 0) is 0 Å². The van der Waals surface area contributed by atoms with E-state index in [1.54, 1.807) is 42.5 Å². The average Bonchev–Trinajstić information content (AvgIpc) is 2.85. The maximum Gasteiger partial charge on any atom is 0.281 e. The Balaban J connectivity index is 2.08. The molecule has 0 saturated heterocycles. The summed E-state index contributed by atoms with van der Waals surface area (Å²) in [6.07, 6.45) is 1.60. The van der Waals surface area contributed by atoms with Crippen molar-refractivity contribution in [2.45, 2.75) is 0 Å². The number of aromatic nitrogens is 2. The second-order valence-corrected chi connectivity index (χ2v) is 5.63. The molecule has 6 heteroatoms. The Morgan fingerprint density at radius 3 is 2.38 bits per heavy atom. The molecule has 0 atom stereocenters. The quantitative estimate of drug-likeness (QED) is 0.741. The predicted molar refractivity (Wildman–Crippen MR) is 92.7 cm³/mol. The lowest BCUT2D eigenvalue weighted by Gasteiger charge is -2.00. The number of benzene rings is 2. The third kappa shape index (κ3) is 3.02. The summed E-state index contributed by atoms with van der Waals surface area (Å²) in [6, 6.07) is 12.6. The number of carbonyl (C=O) groups excluding carboxylic acids is 1. The zero-order valence-corrected chi connectivity index (χ0v) is 13.2. The van der Waals surface area contributed by atoms with E-state index in [0.717, 1.165) is 4.68 Å². The molecule has 2 aromatic carbocycles. The normalized spacial score (nSPS) is 11.6. The standard InChI is InChI=1S/C18H13ClN2O3/c1-11-16(10-12-2-8-15(22)9-3-12)18(24)21(20-11)17(23)13-4-6-14(19)7-5-13/h2-10,20,22H,1H2/b16-10+. The predicted octanol–water partition coefficient (Wildman–Crippen LogP) is 1.46. The Kier molecular flexibility index (Phi) is 4.10. The summed E-state index contributed by atoms with van der Waals surface area (Å²) >= 11 is 5.80. The van der Waals surface area contributed by atoms with Crippen LogP contribution in [0.1, 0.15) is 15.9 Å². The number of halogens is 1. The molecule has 0 amide bonds. The van der Waals surface area contributed by atoms with Gasteiger partial charge in [0, 0.05) is 10.6 Å². The van der Waals surface area contributed by atoms with E-state index < -0.39 is 11.5 Å². The molecule has 0 unspecified atom stereocenters. The number of aromatic amines is 1. The van der Waals surface area contributed by atoms with E-state index in [1.807, 2.05) is 0 Å². The Hall–Kier alpha value is -3.05. The van der Waals surface area contributed by atoms with Gasteiger partial charge in [-0.25, -0.2) is 0 Å². The lowest BCUT2D eigenvalue weighted by atomic mass is 10.2. The first-order valence-corrected chi connectivity index (χ1v) is 7.44. The van der Waals surface area contributed by atoms with E-state index in [9.17, 15) is 14.7 Å². The highest BCUT2D eigenvalue weighted by Crippen LogP contribution is 2.10. The van der Waals surface area contributed by atoms with Crippen molar-refractivity contribution in [1.29, 1.82) is 0 Å². The van der Waals surface area contributed by atoms with Crippen LogP contribution in [0.15, 0.2) is 53.3 Å². The van der Waals surface area contributed by atoms with Crippen molar-refractivity contribution in [3.05, 3.63) is 85.6 Å². The summed E-state index contributed by atoms with van der Waals surface area (Å²) in [5.74, 6) is -0.363. The molecule has 0 bridgehead atoms. The minimum Gasteiger partial charge on any atom is -0.508 e. The van der Waals surface area contributed by atoms with Gasteiger partial charge in [-0.2, -0.15) is 4.68 Å². The molecule has 0 radical (unpaired) electrons. The molecule has 0 fully saturated rings. The van der Waals surface area contributed by atoms with Crippen LogP contribution in [-0.4, -0.2) is 20.8 Å². The highest BCUT2D eigenvalue weighted by Gasteiger charge is 2.13. The van der Waals surface area contributed by atoms with Gasteiger partial charge < -0.3 is 5.11 Å². The first kappa shape index (κ1) is 15.8. The first-order valence-electron chi connectivity index (χ1n) is 7.07. The zero-order chi connectivity index (χ0) is 17.3. The molecule has 3 aromatic rings. The molecule has 5 nitrogen and oxygen atoms in total. The maximum absolute atomic E-state index is 12.5. The molecule has 0 spiro atoms. The van der Waals surface area contributed by atoms with Crippen molar-refractivity contribution < 1.29 is 9.90 Å². The number of H-pyrrole nitrogens is 1. The Bertz CT molecular complexity index is 1060. The molecule has 0 aliphatic heterocycles. The van der Waals surface area contributed by atoms with Gasteiger partial charge in [0.1, 0.15) is 5.75 Å². The lowest BCUT2D eigenvalue weighted by Crippen LogP contribution is -2.36. The number of nitrogens with zero attached hydrogens (tertiary/aromatic N) is 1. The van der Waals surface area contributed by atoms with Gasteiger partial charge in [0.2, 0.25) is 0 Å². The van der Waals surface area contributed by atoms with Gasteiger partial charge in [-0.15, -0.1) is 0 Å². The van der Waals surface area contributed by atoms with Gasteiger partial charge in [-0.3, -0.25) is 14.7 Å². The van der Waals surface area contributed by atoms with E-state index in [-0.39, 0.29) is 11.0 Å². The second-order valence-electron chi connectivity index (χ2n) is 5.19. The SMILES string of the molecule is C=c1[nH]n(C(=O)c2ccc(Cl)cc2)c(=O)/c1=C/c1ccc(O)cc1. The topological polar surface area (TPSA) is 75.1 Å². The van der Waals surface area contributed by atoms with Crippen LogP contribution >= 0.6 is 11.6 Å². The van der Waals surface area contributed by atoms with Gasteiger partial charge in [0.15, 0.2) is 0 Å². The van der Waals surface area contributed by atoms with Crippen molar-refractivity contribution in [3.63, 3.8) is 0 Å². The molecular weight excluding hydrogens is 328 g/mol. The third-order valence-corrected chi connectivity index (χ3v) is 3.76. The zero-order valence-electron chi connectivity index (χ0n) is 12.5. The Labute approximate surface area is 141 Å². The number of phenols is 1. The monoisotopic (exact) mass is 340 g/mol. The average molecular weight is 341 g/mol. The minimum absolute atomic E-state index is 0.131. The number of nitrogens with one attached hydrogen (secondary N) is 1. The van der Waals surface area contributed by atoms with Crippen LogP contribution in [0.2, 0.25) is 5.02 Å². The maximum atomic E-state index is 12.5. The van der Waals surface area contributed by atoms with Crippen LogP contribution in [0.5, 0.6) is 5.75 Å². The van der Waals surface area contributed by atoms with Gasteiger partial charge in [0.25, 0.3) is 11.5 Å². The van der Waals surface area contributed by atoms with Gasteiger partial charge >= 0.3 is 0 Å². The molecule has 1 heterocycles. The smallest absolute Gasteiger partial charge is 0.281 e. The van der Waals surface area contributed by atoms with Gasteiger partial charge in [-0.1, -0.05) is 30.3 Å². The fourth-order valence-corrected chi connectivity index (χ4v) is 2.37. The number of aromatic hydroxyl groups is 1. The number of hydrogen-bond donors (Lipinski definition) is 2. The van der Waals surface area contributed by atoms with Gasteiger partial charge in [0.05, 0.1) is 10.6 Å². The molecule has 0 aliphatic carbocycles. The van der Waals surface area contributed by atoms with Gasteiger partial charge in [-0.05, 0) is 48.0 Å². The number of carbonyl (C=O) groups is 1. The van der Waals surface area contributed by atoms with Crippen molar-refractivity contribution in [2.24, 2.45) is 0 Å². The second kappa shape index (κ2) is 6.22. The fraction of sp³-hybridized carbons (Fsp3) is 0. The molecule has 3 rings (SSSR count). The van der Waals surface area contributed by atoms with Crippen molar-refractivity contribution in [2.75, 3.05) is 0 Å². The van der Waals surface area contributed by atoms with Crippen LogP contribution in [0, 0.1) is 0 Å². The summed E-state index contributed by atoms with van der Waals surface area (Å²) in [6.45, 7) is 3.78. The minimum atomic E-state index is -0.494. The van der Waals surface area contributed by atoms with Crippen LogP contribution in [0.25, 0.3) is 12.7 Å². The molecule has 0 aliphatic rings. The lowest BCUT2D eigenvalue weighted by molar-refractivity contribution is 0.0941. The number of rotatable bonds is 2. The molecule has 120 valence electrons. The molecule has 1 aromatic heterocycles. The van der Waals surface area contributed by atoms with Crippen LogP contribution in [0.3, 0.4) is 0 Å². The molecule has 0 saturated carbocycles. The Morgan fingerprint density at radius 1 is 1.12 bits per heavy atom. The summed E-state index contributed by atoms with van der Waals surface area (Å²) in [4.78, 5) is 25.0. The molecular formula is C18H13ClN2O3. The van der Waals surface area contributed by atoms with E-state index in [0.29, 0.717) is 21.5 Å². The Morgan fingerprint density at radius 2 is 1.75 bits per heavy atom. The van der Waals surface area contributed by atoms with E-state index in [1.165, 1.54) is 12.1 Å². The van der Waals surface area contributed by atoms with Crippen LogP contribution < -0.4 is 16.1 Å². The summed E-state index contributed by atoms with van der Waals surface area (Å²) < 4.78 is 0.915.